The van der Waals surface area contributed by atoms with Crippen molar-refractivity contribution in [3.63, 3.8) is 0 Å². The fourth-order valence-corrected chi connectivity index (χ4v) is 8.84. The van der Waals surface area contributed by atoms with Gasteiger partial charge in [0.15, 0.2) is 0 Å². The third-order valence-corrected chi connectivity index (χ3v) is 10.1. The van der Waals surface area contributed by atoms with E-state index in [9.17, 15) is 10.2 Å². The lowest BCUT2D eigenvalue weighted by atomic mass is 9.71. The third-order valence-electron chi connectivity index (χ3n) is 9.91. The van der Waals surface area contributed by atoms with Crippen LogP contribution in [0.3, 0.4) is 0 Å². The van der Waals surface area contributed by atoms with Crippen molar-refractivity contribution in [2.24, 2.45) is 11.8 Å². The molecule has 284 valence electrons. The van der Waals surface area contributed by atoms with Gasteiger partial charge in [-0.15, -0.1) is 0 Å². The van der Waals surface area contributed by atoms with Crippen LogP contribution in [0.15, 0.2) is 0 Å². The van der Waals surface area contributed by atoms with E-state index in [1.807, 2.05) is 0 Å². The van der Waals surface area contributed by atoms with Gasteiger partial charge in [-0.1, -0.05) is 26.7 Å². The topological polar surface area (TPSA) is 128 Å². The number of aromatic nitrogens is 3. The maximum atomic E-state index is 10.4. The predicted octanol–water partition coefficient (Wildman–Crippen LogP) is 7.63. The Kier molecular flexibility index (Phi) is 13.5. The maximum Gasteiger partial charge on any atom is 0.229 e. The molecular formula is C37H70ClN7O4. The summed E-state index contributed by atoms with van der Waals surface area (Å²) in [6.45, 7) is 29.7. The number of anilines is 2. The molecule has 2 atom stereocenters. The van der Waals surface area contributed by atoms with Crippen LogP contribution in [0.4, 0.5) is 11.9 Å². The summed E-state index contributed by atoms with van der Waals surface area (Å²) in [6.07, 6.45) is 7.59. The summed E-state index contributed by atoms with van der Waals surface area (Å²) in [5, 5.41) is 32.5. The molecular weight excluding hydrogens is 642 g/mol. The van der Waals surface area contributed by atoms with Gasteiger partial charge in [-0.3, -0.25) is 9.68 Å². The SMILES string of the molecule is CCCC(Nc1nc(Cl)nc(NC(CCC)C2CC(C)(C)N(OCC(C)(C)O)C(C)(C)C2)n1)C1CC(C)(C)N(OCC(C)(C)O)C(C)(C)C1. The molecule has 0 spiro atoms. The molecule has 1 aromatic rings. The Labute approximate surface area is 302 Å². The highest BCUT2D eigenvalue weighted by molar-refractivity contribution is 6.28. The van der Waals surface area contributed by atoms with E-state index in [4.69, 9.17) is 26.3 Å². The van der Waals surface area contributed by atoms with Crippen LogP contribution in [0.2, 0.25) is 5.28 Å². The van der Waals surface area contributed by atoms with E-state index in [0.717, 1.165) is 51.4 Å². The fourth-order valence-electron chi connectivity index (χ4n) is 8.68. The van der Waals surface area contributed by atoms with Crippen molar-refractivity contribution in [1.82, 2.24) is 25.1 Å². The normalized spacial score (nSPS) is 23.3. The van der Waals surface area contributed by atoms with Crippen molar-refractivity contribution in [1.29, 1.82) is 0 Å². The minimum atomic E-state index is -0.912. The number of aliphatic hydroxyl groups is 2. The quantitative estimate of drug-likeness (QED) is 0.135. The molecule has 12 heteroatoms. The average molecular weight is 712 g/mol. The monoisotopic (exact) mass is 712 g/mol. The number of rotatable bonds is 16. The van der Waals surface area contributed by atoms with Gasteiger partial charge in [0.25, 0.3) is 0 Å². The summed E-state index contributed by atoms with van der Waals surface area (Å²) in [5.74, 6) is 1.64. The molecule has 2 saturated heterocycles. The minimum absolute atomic E-state index is 0.132. The molecule has 0 aliphatic carbocycles. The first-order chi connectivity index (χ1) is 22.3. The largest absolute Gasteiger partial charge is 0.388 e. The molecule has 1 aromatic heterocycles. The van der Waals surface area contributed by atoms with Gasteiger partial charge in [0.1, 0.15) is 0 Å². The van der Waals surface area contributed by atoms with Crippen molar-refractivity contribution < 1.29 is 19.9 Å². The van der Waals surface area contributed by atoms with E-state index in [1.165, 1.54) is 0 Å². The Morgan fingerprint density at radius 1 is 0.673 bits per heavy atom. The summed E-state index contributed by atoms with van der Waals surface area (Å²) < 4.78 is 0. The molecule has 49 heavy (non-hydrogen) atoms. The molecule has 2 aliphatic heterocycles. The number of hydrogen-bond acceptors (Lipinski definition) is 11. The molecule has 0 amide bonds. The predicted molar refractivity (Wildman–Crippen MR) is 199 cm³/mol. The molecule has 4 N–H and O–H groups in total. The second-order valence-corrected chi connectivity index (χ2v) is 19.0. The van der Waals surface area contributed by atoms with Gasteiger partial charge in [0.05, 0.1) is 24.4 Å². The highest BCUT2D eigenvalue weighted by atomic mass is 35.5. The van der Waals surface area contributed by atoms with Crippen LogP contribution in [0.1, 0.15) is 148 Å². The zero-order valence-corrected chi connectivity index (χ0v) is 34.0. The van der Waals surface area contributed by atoms with E-state index in [2.05, 4.69) is 100.0 Å². The second kappa shape index (κ2) is 15.7. The van der Waals surface area contributed by atoms with E-state index in [1.54, 1.807) is 27.7 Å². The molecule has 2 aliphatic rings. The smallest absolute Gasteiger partial charge is 0.229 e. The van der Waals surface area contributed by atoms with Crippen LogP contribution in [0.5, 0.6) is 0 Å². The number of piperidine rings is 2. The molecule has 3 rings (SSSR count). The Hall–Kier alpha value is -1.34. The van der Waals surface area contributed by atoms with Crippen molar-refractivity contribution in [2.75, 3.05) is 23.8 Å². The number of nitrogens with zero attached hydrogens (tertiary/aromatic N) is 5. The van der Waals surface area contributed by atoms with E-state index >= 15 is 0 Å². The fraction of sp³-hybridized carbons (Fsp3) is 0.919. The lowest BCUT2D eigenvalue weighted by molar-refractivity contribution is -0.303. The van der Waals surface area contributed by atoms with Gasteiger partial charge in [-0.25, -0.2) is 0 Å². The van der Waals surface area contributed by atoms with E-state index < -0.39 is 11.2 Å². The lowest BCUT2D eigenvalue weighted by Crippen LogP contribution is -2.62. The van der Waals surface area contributed by atoms with Crippen molar-refractivity contribution in [3.05, 3.63) is 5.28 Å². The first-order valence-corrected chi connectivity index (χ1v) is 18.9. The molecule has 2 fully saturated rings. The van der Waals surface area contributed by atoms with Gasteiger partial charge >= 0.3 is 0 Å². The van der Waals surface area contributed by atoms with Crippen molar-refractivity contribution >= 4 is 23.5 Å². The van der Waals surface area contributed by atoms with Crippen LogP contribution in [0, 0.1) is 11.8 Å². The molecule has 0 aromatic carbocycles. The Morgan fingerprint density at radius 2 is 0.980 bits per heavy atom. The summed E-state index contributed by atoms with van der Waals surface area (Å²) in [4.78, 5) is 26.5. The summed E-state index contributed by atoms with van der Waals surface area (Å²) in [7, 11) is 0. The summed E-state index contributed by atoms with van der Waals surface area (Å²) in [5.41, 5.74) is -2.83. The number of halogens is 1. The summed E-state index contributed by atoms with van der Waals surface area (Å²) in [6, 6.07) is 0.264. The lowest BCUT2D eigenvalue weighted by Gasteiger charge is -2.55. The zero-order chi connectivity index (χ0) is 37.2. The molecule has 3 heterocycles. The van der Waals surface area contributed by atoms with Gasteiger partial charge in [-0.05, 0) is 145 Å². The first-order valence-electron chi connectivity index (χ1n) is 18.5. The van der Waals surface area contributed by atoms with Gasteiger partial charge < -0.3 is 20.8 Å². The van der Waals surface area contributed by atoms with Crippen molar-refractivity contribution in [3.8, 4) is 0 Å². The molecule has 11 nitrogen and oxygen atoms in total. The van der Waals surface area contributed by atoms with Crippen LogP contribution >= 0.6 is 11.6 Å². The minimum Gasteiger partial charge on any atom is -0.388 e. The average Bonchev–Trinajstić information content (AvgIpc) is 2.88. The number of hydroxylamine groups is 4. The van der Waals surface area contributed by atoms with E-state index in [0.29, 0.717) is 23.7 Å². The first kappa shape index (κ1) is 42.1. The molecule has 2 unspecified atom stereocenters. The van der Waals surface area contributed by atoms with Crippen LogP contribution in [-0.2, 0) is 9.68 Å². The van der Waals surface area contributed by atoms with Crippen LogP contribution < -0.4 is 10.6 Å². The van der Waals surface area contributed by atoms with E-state index in [-0.39, 0.29) is 52.7 Å². The Bertz CT molecular complexity index is 1090. The summed E-state index contributed by atoms with van der Waals surface area (Å²) >= 11 is 6.58. The Morgan fingerprint density at radius 3 is 1.24 bits per heavy atom. The molecule has 0 saturated carbocycles. The van der Waals surface area contributed by atoms with Crippen molar-refractivity contribution in [2.45, 2.75) is 194 Å². The second-order valence-electron chi connectivity index (χ2n) is 18.7. The highest BCUT2D eigenvalue weighted by Gasteiger charge is 2.50. The standard InChI is InChI=1S/C37H70ClN7O4/c1-15-17-27(25-19-32(3,4)44(33(5,6)20-25)48-23-36(11,12)46)39-30-41-29(38)42-31(43-30)40-28(18-16-2)26-21-34(7,8)45(35(9,10)22-26)49-24-37(13,14)47/h25-28,46-47H,15-24H2,1-14H3,(H2,39,40,41,42,43). The van der Waals surface area contributed by atoms with Crippen LogP contribution in [0.25, 0.3) is 0 Å². The van der Waals surface area contributed by atoms with Gasteiger partial charge in [-0.2, -0.15) is 25.1 Å². The molecule has 0 bridgehead atoms. The van der Waals surface area contributed by atoms with Gasteiger partial charge in [0, 0.05) is 34.2 Å². The maximum absolute atomic E-state index is 10.4. The molecule has 0 radical (unpaired) electrons. The third kappa shape index (κ3) is 11.8. The highest BCUT2D eigenvalue weighted by Crippen LogP contribution is 2.45. The van der Waals surface area contributed by atoms with Crippen LogP contribution in [-0.4, -0.2) is 93.9 Å². The Balaban J connectivity index is 1.81. The van der Waals surface area contributed by atoms with Gasteiger partial charge in [0.2, 0.25) is 17.2 Å². The number of nitrogens with one attached hydrogen (secondary N) is 2. The number of hydrogen-bond donors (Lipinski definition) is 4. The zero-order valence-electron chi connectivity index (χ0n) is 33.2.